The third kappa shape index (κ3) is 1.90. The van der Waals surface area contributed by atoms with E-state index in [1.165, 1.54) is 18.2 Å². The molecule has 3 rings (SSSR count). The molecule has 0 saturated carbocycles. The van der Waals surface area contributed by atoms with E-state index in [-0.39, 0.29) is 22.3 Å². The molecule has 7 heteroatoms. The van der Waals surface area contributed by atoms with Gasteiger partial charge in [-0.2, -0.15) is 0 Å². The zero-order valence-electron chi connectivity index (χ0n) is 10.9. The number of halogens is 1. The lowest BCUT2D eigenvalue weighted by Gasteiger charge is -2.13. The van der Waals surface area contributed by atoms with Crippen molar-refractivity contribution in [2.24, 2.45) is 0 Å². The molecule has 0 fully saturated rings. The van der Waals surface area contributed by atoms with Gasteiger partial charge in [0.15, 0.2) is 5.82 Å². The molecule has 106 valence electrons. The predicted molar refractivity (Wildman–Crippen MR) is 74.3 cm³/mol. The topological polar surface area (TPSA) is 88.0 Å². The van der Waals surface area contributed by atoms with Gasteiger partial charge in [0, 0.05) is 5.69 Å². The first kappa shape index (κ1) is 13.0. The van der Waals surface area contributed by atoms with E-state index in [4.69, 9.17) is 0 Å². The number of nitrogens with one attached hydrogen (secondary N) is 1. The Kier molecular flexibility index (Phi) is 2.83. The number of H-pyrrole nitrogens is 1. The summed E-state index contributed by atoms with van der Waals surface area (Å²) in [6.07, 6.45) is 1.10. The maximum absolute atomic E-state index is 14.0. The van der Waals surface area contributed by atoms with Gasteiger partial charge in [-0.3, -0.25) is 14.2 Å². The lowest BCUT2D eigenvalue weighted by Crippen LogP contribution is -2.25. The summed E-state index contributed by atoms with van der Waals surface area (Å²) in [6.45, 7) is 1.54. The van der Waals surface area contributed by atoms with Crippen molar-refractivity contribution in [3.8, 4) is 11.4 Å². The number of aryl methyl sites for hydroxylation is 1. The van der Waals surface area contributed by atoms with Crippen LogP contribution < -0.4 is 11.1 Å². The SMILES string of the molecule is Cc1cc2c(=O)[nH]cnc2c(=O)n1-c1c(O)cccc1F. The Hall–Kier alpha value is -2.96. The minimum Gasteiger partial charge on any atom is -0.506 e. The molecule has 3 aromatic rings. The molecule has 2 aromatic heterocycles. The van der Waals surface area contributed by atoms with E-state index in [0.717, 1.165) is 17.0 Å². The minimum absolute atomic E-state index is 0.0907. The molecule has 6 nitrogen and oxygen atoms in total. The molecule has 0 aliphatic heterocycles. The molecule has 0 atom stereocenters. The van der Waals surface area contributed by atoms with Gasteiger partial charge in [0.2, 0.25) is 0 Å². The largest absolute Gasteiger partial charge is 0.506 e. The molecular weight excluding hydrogens is 277 g/mol. The van der Waals surface area contributed by atoms with Crippen LogP contribution in [0.5, 0.6) is 5.75 Å². The summed E-state index contributed by atoms with van der Waals surface area (Å²) in [5, 5.41) is 9.95. The van der Waals surface area contributed by atoms with Gasteiger partial charge in [-0.1, -0.05) is 6.07 Å². The number of benzene rings is 1. The highest BCUT2D eigenvalue weighted by Crippen LogP contribution is 2.24. The smallest absolute Gasteiger partial charge is 0.282 e. The number of nitrogens with zero attached hydrogens (tertiary/aromatic N) is 2. The highest BCUT2D eigenvalue weighted by molar-refractivity contribution is 5.77. The monoisotopic (exact) mass is 287 g/mol. The number of pyridine rings is 1. The molecule has 0 spiro atoms. The van der Waals surface area contributed by atoms with Crippen LogP contribution in [-0.2, 0) is 0 Å². The molecule has 0 aliphatic carbocycles. The highest BCUT2D eigenvalue weighted by atomic mass is 19.1. The quantitative estimate of drug-likeness (QED) is 0.704. The zero-order chi connectivity index (χ0) is 15.1. The van der Waals surface area contributed by atoms with E-state index in [1.54, 1.807) is 6.92 Å². The first-order valence-corrected chi connectivity index (χ1v) is 6.08. The summed E-state index contributed by atoms with van der Waals surface area (Å²) in [6, 6.07) is 5.17. The van der Waals surface area contributed by atoms with Gasteiger partial charge in [0.05, 0.1) is 11.7 Å². The van der Waals surface area contributed by atoms with Gasteiger partial charge < -0.3 is 10.1 Å². The summed E-state index contributed by atoms with van der Waals surface area (Å²) in [5.41, 5.74) is -1.16. The molecule has 0 bridgehead atoms. The fourth-order valence-corrected chi connectivity index (χ4v) is 2.26. The van der Waals surface area contributed by atoms with Crippen molar-refractivity contribution in [1.82, 2.24) is 14.5 Å². The number of aromatic nitrogens is 3. The fourth-order valence-electron chi connectivity index (χ4n) is 2.26. The number of phenols is 1. The van der Waals surface area contributed by atoms with Crippen molar-refractivity contribution >= 4 is 10.9 Å². The molecular formula is C14H10FN3O3. The number of aromatic hydroxyl groups is 1. The van der Waals surface area contributed by atoms with Crippen molar-refractivity contribution in [3.05, 3.63) is 62.8 Å². The van der Waals surface area contributed by atoms with Crippen LogP contribution in [0.25, 0.3) is 16.6 Å². The molecule has 2 N–H and O–H groups in total. The maximum Gasteiger partial charge on any atom is 0.282 e. The summed E-state index contributed by atoms with van der Waals surface area (Å²) in [7, 11) is 0. The Morgan fingerprint density at radius 3 is 2.81 bits per heavy atom. The van der Waals surface area contributed by atoms with E-state index in [2.05, 4.69) is 9.97 Å². The molecule has 0 aliphatic rings. The number of hydrogen-bond donors (Lipinski definition) is 2. The van der Waals surface area contributed by atoms with Crippen LogP contribution in [0.15, 0.2) is 40.2 Å². The van der Waals surface area contributed by atoms with Crippen LogP contribution in [0.3, 0.4) is 0 Å². The van der Waals surface area contributed by atoms with Crippen LogP contribution in [0, 0.1) is 12.7 Å². The zero-order valence-corrected chi connectivity index (χ0v) is 10.9. The molecule has 1 aromatic carbocycles. The van der Waals surface area contributed by atoms with Crippen LogP contribution in [0.1, 0.15) is 5.69 Å². The number of phenolic OH excluding ortho intramolecular Hbond substituents is 1. The van der Waals surface area contributed by atoms with Crippen LogP contribution in [0.2, 0.25) is 0 Å². The third-order valence-corrected chi connectivity index (χ3v) is 3.19. The van der Waals surface area contributed by atoms with Crippen LogP contribution in [0.4, 0.5) is 4.39 Å². The molecule has 0 saturated heterocycles. The summed E-state index contributed by atoms with van der Waals surface area (Å²) in [4.78, 5) is 30.4. The van der Waals surface area contributed by atoms with Gasteiger partial charge in [0.25, 0.3) is 11.1 Å². The molecule has 21 heavy (non-hydrogen) atoms. The average molecular weight is 287 g/mol. The van der Waals surface area contributed by atoms with Gasteiger partial charge in [-0.15, -0.1) is 0 Å². The Bertz CT molecular complexity index is 955. The second-order valence-corrected chi connectivity index (χ2v) is 4.53. The van der Waals surface area contributed by atoms with E-state index >= 15 is 0 Å². The number of aromatic amines is 1. The Morgan fingerprint density at radius 1 is 1.33 bits per heavy atom. The van der Waals surface area contributed by atoms with Crippen molar-refractivity contribution < 1.29 is 9.50 Å². The molecule has 0 unspecified atom stereocenters. The summed E-state index contributed by atoms with van der Waals surface area (Å²) in [5.74, 6) is -1.12. The Labute approximate surface area is 117 Å². The Morgan fingerprint density at radius 2 is 2.10 bits per heavy atom. The normalized spacial score (nSPS) is 11.0. The van der Waals surface area contributed by atoms with Crippen LogP contribution >= 0.6 is 0 Å². The molecule has 0 amide bonds. The molecule has 0 radical (unpaired) electrons. The number of hydrogen-bond acceptors (Lipinski definition) is 4. The van der Waals surface area contributed by atoms with E-state index in [1.807, 2.05) is 0 Å². The standard InChI is InChI=1S/C14H10FN3O3/c1-7-5-8-11(16-6-17-13(8)20)14(21)18(7)12-9(15)3-2-4-10(12)19/h2-6,19H,1H3,(H,16,17,20). The van der Waals surface area contributed by atoms with Crippen molar-refractivity contribution in [3.63, 3.8) is 0 Å². The third-order valence-electron chi connectivity index (χ3n) is 3.19. The number of rotatable bonds is 1. The van der Waals surface area contributed by atoms with Gasteiger partial charge >= 0.3 is 0 Å². The van der Waals surface area contributed by atoms with Crippen LogP contribution in [-0.4, -0.2) is 19.6 Å². The van der Waals surface area contributed by atoms with Crippen molar-refractivity contribution in [2.75, 3.05) is 0 Å². The first-order valence-electron chi connectivity index (χ1n) is 6.08. The summed E-state index contributed by atoms with van der Waals surface area (Å²) < 4.78 is 15.0. The van der Waals surface area contributed by atoms with Crippen molar-refractivity contribution in [1.29, 1.82) is 0 Å². The van der Waals surface area contributed by atoms with E-state index < -0.39 is 16.9 Å². The number of para-hydroxylation sites is 1. The van der Waals surface area contributed by atoms with E-state index in [0.29, 0.717) is 5.69 Å². The predicted octanol–water partition coefficient (Wildman–Crippen LogP) is 1.23. The average Bonchev–Trinajstić information content (AvgIpc) is 2.43. The second kappa shape index (κ2) is 4.55. The van der Waals surface area contributed by atoms with Gasteiger partial charge in [0.1, 0.15) is 17.0 Å². The first-order chi connectivity index (χ1) is 10.0. The van der Waals surface area contributed by atoms with Gasteiger partial charge in [-0.25, -0.2) is 9.37 Å². The maximum atomic E-state index is 14.0. The highest BCUT2D eigenvalue weighted by Gasteiger charge is 2.17. The fraction of sp³-hybridized carbons (Fsp3) is 0.0714. The van der Waals surface area contributed by atoms with Crippen molar-refractivity contribution in [2.45, 2.75) is 6.92 Å². The van der Waals surface area contributed by atoms with E-state index in [9.17, 15) is 19.1 Å². The number of fused-ring (bicyclic) bond motifs is 1. The van der Waals surface area contributed by atoms with Gasteiger partial charge in [-0.05, 0) is 25.1 Å². The lowest BCUT2D eigenvalue weighted by atomic mass is 10.2. The minimum atomic E-state index is -0.746. The molecule has 2 heterocycles. The second-order valence-electron chi connectivity index (χ2n) is 4.53. The lowest BCUT2D eigenvalue weighted by molar-refractivity contribution is 0.463. The summed E-state index contributed by atoms with van der Waals surface area (Å²) >= 11 is 0. The Balaban J connectivity index is 2.51.